The Bertz CT molecular complexity index is 341. The molecule has 3 heteroatoms. The molecule has 0 radical (unpaired) electrons. The number of rotatable bonds is 5. The molecule has 0 aliphatic heterocycles. The van der Waals surface area contributed by atoms with E-state index in [-0.39, 0.29) is 11.9 Å². The second-order valence-electron chi connectivity index (χ2n) is 4.45. The Kier molecular flexibility index (Phi) is 5.42. The highest BCUT2D eigenvalue weighted by molar-refractivity contribution is 9.10. The molecule has 1 aromatic carbocycles. The van der Waals surface area contributed by atoms with E-state index >= 15 is 0 Å². The number of hydrogen-bond donors (Lipinski definition) is 1. The molecule has 0 saturated heterocycles. The molecule has 0 fully saturated rings. The van der Waals surface area contributed by atoms with Crippen molar-refractivity contribution in [1.29, 1.82) is 0 Å². The minimum Gasteiger partial charge on any atom is -0.327 e. The van der Waals surface area contributed by atoms with Crippen LogP contribution in [0.15, 0.2) is 22.7 Å². The molecule has 0 amide bonds. The zero-order valence-corrected chi connectivity index (χ0v) is 11.4. The number of hydrogen-bond acceptors (Lipinski definition) is 1. The van der Waals surface area contributed by atoms with Crippen LogP contribution in [-0.2, 0) is 6.42 Å². The Hall–Kier alpha value is -0.410. The first-order valence-corrected chi connectivity index (χ1v) is 6.51. The first-order chi connectivity index (χ1) is 7.52. The molecule has 0 saturated carbocycles. The lowest BCUT2D eigenvalue weighted by Crippen LogP contribution is -2.25. The standard InChI is InChI=1S/C13H19BrFN/c1-3-9(2)6-12(16)7-10-4-5-11(14)8-13(10)15/h4-5,8-9,12H,3,6-7,16H2,1-2H3. The van der Waals surface area contributed by atoms with Crippen molar-refractivity contribution in [1.82, 2.24) is 0 Å². The molecule has 1 rings (SSSR count). The molecule has 1 aromatic rings. The van der Waals surface area contributed by atoms with E-state index in [0.717, 1.165) is 17.3 Å². The average molecular weight is 288 g/mol. The molecule has 0 aromatic heterocycles. The summed E-state index contributed by atoms with van der Waals surface area (Å²) in [5.41, 5.74) is 6.72. The van der Waals surface area contributed by atoms with Crippen molar-refractivity contribution < 1.29 is 4.39 Å². The predicted molar refractivity (Wildman–Crippen MR) is 69.9 cm³/mol. The lowest BCUT2D eigenvalue weighted by molar-refractivity contribution is 0.445. The summed E-state index contributed by atoms with van der Waals surface area (Å²) in [7, 11) is 0. The summed E-state index contributed by atoms with van der Waals surface area (Å²) in [5.74, 6) is 0.433. The van der Waals surface area contributed by atoms with Crippen molar-refractivity contribution in [3.05, 3.63) is 34.1 Å². The summed E-state index contributed by atoms with van der Waals surface area (Å²) in [6, 6.07) is 5.20. The van der Waals surface area contributed by atoms with Crippen LogP contribution in [0.3, 0.4) is 0 Å². The van der Waals surface area contributed by atoms with E-state index in [1.165, 1.54) is 6.07 Å². The lowest BCUT2D eigenvalue weighted by Gasteiger charge is -2.16. The molecule has 2 unspecified atom stereocenters. The second-order valence-corrected chi connectivity index (χ2v) is 5.36. The SMILES string of the molecule is CCC(C)CC(N)Cc1ccc(Br)cc1F. The van der Waals surface area contributed by atoms with Crippen LogP contribution in [-0.4, -0.2) is 6.04 Å². The van der Waals surface area contributed by atoms with E-state index in [0.29, 0.717) is 17.9 Å². The Balaban J connectivity index is 2.59. The molecular weight excluding hydrogens is 269 g/mol. The highest BCUT2D eigenvalue weighted by atomic mass is 79.9. The van der Waals surface area contributed by atoms with Crippen molar-refractivity contribution in [2.75, 3.05) is 0 Å². The summed E-state index contributed by atoms with van der Waals surface area (Å²) in [6.45, 7) is 4.33. The average Bonchev–Trinajstić information content (AvgIpc) is 2.22. The van der Waals surface area contributed by atoms with Crippen LogP contribution in [0.2, 0.25) is 0 Å². The first kappa shape index (κ1) is 13.7. The monoisotopic (exact) mass is 287 g/mol. The Morgan fingerprint density at radius 1 is 1.44 bits per heavy atom. The quantitative estimate of drug-likeness (QED) is 0.874. The normalized spacial score (nSPS) is 14.8. The van der Waals surface area contributed by atoms with Gasteiger partial charge in [-0.1, -0.05) is 42.3 Å². The smallest absolute Gasteiger partial charge is 0.127 e. The van der Waals surface area contributed by atoms with Crippen LogP contribution < -0.4 is 5.73 Å². The molecule has 0 aliphatic carbocycles. The number of nitrogens with two attached hydrogens (primary N) is 1. The van der Waals surface area contributed by atoms with Gasteiger partial charge in [-0.15, -0.1) is 0 Å². The highest BCUT2D eigenvalue weighted by Crippen LogP contribution is 2.18. The van der Waals surface area contributed by atoms with E-state index in [1.54, 1.807) is 6.07 Å². The minimum absolute atomic E-state index is 0.0469. The van der Waals surface area contributed by atoms with Gasteiger partial charge in [0.15, 0.2) is 0 Å². The summed E-state index contributed by atoms with van der Waals surface area (Å²) in [4.78, 5) is 0. The van der Waals surface area contributed by atoms with Crippen LogP contribution in [0.1, 0.15) is 32.3 Å². The Morgan fingerprint density at radius 3 is 2.69 bits per heavy atom. The topological polar surface area (TPSA) is 26.0 Å². The van der Waals surface area contributed by atoms with Gasteiger partial charge in [0.2, 0.25) is 0 Å². The summed E-state index contributed by atoms with van der Waals surface area (Å²) in [6.07, 6.45) is 2.69. The molecule has 0 heterocycles. The summed E-state index contributed by atoms with van der Waals surface area (Å²) in [5, 5.41) is 0. The summed E-state index contributed by atoms with van der Waals surface area (Å²) >= 11 is 3.24. The molecular formula is C13H19BrFN. The third kappa shape index (κ3) is 4.22. The maximum atomic E-state index is 13.5. The van der Waals surface area contributed by atoms with Gasteiger partial charge in [-0.2, -0.15) is 0 Å². The van der Waals surface area contributed by atoms with Crippen molar-refractivity contribution in [3.8, 4) is 0 Å². The largest absolute Gasteiger partial charge is 0.327 e. The van der Waals surface area contributed by atoms with E-state index in [4.69, 9.17) is 5.73 Å². The fourth-order valence-corrected chi connectivity index (χ4v) is 2.07. The van der Waals surface area contributed by atoms with Gasteiger partial charge in [0.05, 0.1) is 0 Å². The van der Waals surface area contributed by atoms with E-state index in [2.05, 4.69) is 29.8 Å². The second kappa shape index (κ2) is 6.36. The van der Waals surface area contributed by atoms with Crippen molar-refractivity contribution in [2.24, 2.45) is 11.7 Å². The molecule has 1 nitrogen and oxygen atoms in total. The molecule has 2 N–H and O–H groups in total. The third-order valence-corrected chi connectivity index (χ3v) is 3.39. The van der Waals surface area contributed by atoms with Crippen LogP contribution >= 0.6 is 15.9 Å². The molecule has 0 spiro atoms. The van der Waals surface area contributed by atoms with Gasteiger partial charge < -0.3 is 5.73 Å². The molecule has 0 bridgehead atoms. The zero-order chi connectivity index (χ0) is 12.1. The predicted octanol–water partition coefficient (Wildman–Crippen LogP) is 3.89. The van der Waals surface area contributed by atoms with Gasteiger partial charge >= 0.3 is 0 Å². The Labute approximate surface area is 105 Å². The fraction of sp³-hybridized carbons (Fsp3) is 0.538. The Morgan fingerprint density at radius 2 is 2.12 bits per heavy atom. The van der Waals surface area contributed by atoms with Crippen LogP contribution in [0.25, 0.3) is 0 Å². The minimum atomic E-state index is -0.172. The molecule has 90 valence electrons. The maximum absolute atomic E-state index is 13.5. The lowest BCUT2D eigenvalue weighted by atomic mass is 9.95. The molecule has 2 atom stereocenters. The number of benzene rings is 1. The van der Waals surface area contributed by atoms with Crippen LogP contribution in [0, 0.1) is 11.7 Å². The maximum Gasteiger partial charge on any atom is 0.127 e. The van der Waals surface area contributed by atoms with Gasteiger partial charge in [0.1, 0.15) is 5.82 Å². The van der Waals surface area contributed by atoms with Gasteiger partial charge in [0, 0.05) is 10.5 Å². The van der Waals surface area contributed by atoms with Gasteiger partial charge in [-0.25, -0.2) is 4.39 Å². The van der Waals surface area contributed by atoms with Gasteiger partial charge in [-0.05, 0) is 36.5 Å². The van der Waals surface area contributed by atoms with Crippen LogP contribution in [0.4, 0.5) is 4.39 Å². The molecule has 16 heavy (non-hydrogen) atoms. The first-order valence-electron chi connectivity index (χ1n) is 5.72. The third-order valence-electron chi connectivity index (χ3n) is 2.90. The van der Waals surface area contributed by atoms with E-state index in [1.807, 2.05) is 6.07 Å². The van der Waals surface area contributed by atoms with E-state index < -0.39 is 0 Å². The zero-order valence-electron chi connectivity index (χ0n) is 9.84. The molecule has 0 aliphatic rings. The van der Waals surface area contributed by atoms with Crippen molar-refractivity contribution in [3.63, 3.8) is 0 Å². The van der Waals surface area contributed by atoms with Crippen molar-refractivity contribution >= 4 is 15.9 Å². The van der Waals surface area contributed by atoms with Gasteiger partial charge in [-0.3, -0.25) is 0 Å². The number of halogens is 2. The van der Waals surface area contributed by atoms with Crippen LogP contribution in [0.5, 0.6) is 0 Å². The van der Waals surface area contributed by atoms with E-state index in [9.17, 15) is 4.39 Å². The van der Waals surface area contributed by atoms with Crippen molar-refractivity contribution in [2.45, 2.75) is 39.2 Å². The van der Waals surface area contributed by atoms with Gasteiger partial charge in [0.25, 0.3) is 0 Å². The summed E-state index contributed by atoms with van der Waals surface area (Å²) < 4.78 is 14.3. The fourth-order valence-electron chi connectivity index (χ4n) is 1.74. The highest BCUT2D eigenvalue weighted by Gasteiger charge is 2.11.